The van der Waals surface area contributed by atoms with Crippen molar-refractivity contribution < 1.29 is 14.3 Å². The molecule has 0 aliphatic heterocycles. The van der Waals surface area contributed by atoms with E-state index in [0.29, 0.717) is 5.02 Å². The quantitative estimate of drug-likeness (QED) is 0.687. The summed E-state index contributed by atoms with van der Waals surface area (Å²) in [4.78, 5) is 38.5. The lowest BCUT2D eigenvalue weighted by Gasteiger charge is -1.97. The van der Waals surface area contributed by atoms with Crippen LogP contribution in [0, 0.1) is 0 Å². The first-order valence-corrected chi connectivity index (χ1v) is 6.55. The zero-order chi connectivity index (χ0) is 16.3. The fourth-order valence-electron chi connectivity index (χ4n) is 1.94. The van der Waals surface area contributed by atoms with Gasteiger partial charge in [-0.15, -0.1) is 0 Å². The number of hydrogen-bond donors (Lipinski definition) is 1. The number of nitrogens with one attached hydrogen (secondary N) is 1. The van der Waals surface area contributed by atoms with Crippen LogP contribution in [0.3, 0.4) is 0 Å². The normalized spacial score (nSPS) is 10.9. The molecule has 0 bridgehead atoms. The summed E-state index contributed by atoms with van der Waals surface area (Å²) >= 11 is 5.87. The summed E-state index contributed by atoms with van der Waals surface area (Å²) in [5, 5.41) is 0.619. The number of H-pyrrole nitrogens is 1. The number of hydrogen-bond acceptors (Lipinski definition) is 5. The minimum Gasteiger partial charge on any atom is -0.491 e. The molecule has 0 radical (unpaired) electrons. The molecule has 1 aromatic heterocycles. The first-order chi connectivity index (χ1) is 10.5. The van der Waals surface area contributed by atoms with Crippen molar-refractivity contribution in [1.29, 1.82) is 0 Å². The van der Waals surface area contributed by atoms with E-state index in [4.69, 9.17) is 16.3 Å². The number of carbonyl (C=O) groups is 1. The Kier molecular flexibility index (Phi) is 4.62. The summed E-state index contributed by atoms with van der Waals surface area (Å²) < 4.78 is 9.47. The van der Waals surface area contributed by atoms with Gasteiger partial charge >= 0.3 is 5.97 Å². The van der Waals surface area contributed by atoms with Crippen LogP contribution in [0.1, 0.15) is 5.56 Å². The highest BCUT2D eigenvalue weighted by Crippen LogP contribution is 2.17. The van der Waals surface area contributed by atoms with Crippen molar-refractivity contribution in [3.05, 3.63) is 55.4 Å². The molecule has 0 unspecified atom stereocenters. The molecule has 2 rings (SSSR count). The summed E-state index contributed by atoms with van der Waals surface area (Å²) in [5.41, 5.74) is -0.853. The molecule has 22 heavy (non-hydrogen) atoms. The van der Waals surface area contributed by atoms with Crippen LogP contribution in [0.25, 0.3) is 17.0 Å². The number of benzene rings is 1. The van der Waals surface area contributed by atoms with Gasteiger partial charge in [0.25, 0.3) is 5.56 Å². The van der Waals surface area contributed by atoms with Crippen LogP contribution >= 0.6 is 11.6 Å². The number of rotatable bonds is 3. The van der Waals surface area contributed by atoms with Gasteiger partial charge < -0.3 is 14.5 Å². The van der Waals surface area contributed by atoms with Crippen molar-refractivity contribution >= 4 is 34.5 Å². The van der Waals surface area contributed by atoms with E-state index >= 15 is 0 Å². The lowest BCUT2D eigenvalue weighted by Crippen LogP contribution is -2.10. The predicted octanol–water partition coefficient (Wildman–Crippen LogP) is 1.74. The van der Waals surface area contributed by atoms with Crippen molar-refractivity contribution in [2.24, 2.45) is 0 Å². The average Bonchev–Trinajstić information content (AvgIpc) is 2.59. The summed E-state index contributed by atoms with van der Waals surface area (Å²) in [5.74, 6) is -0.853. The third-order valence-electron chi connectivity index (χ3n) is 2.96. The molecule has 6 nitrogen and oxygen atoms in total. The Hall–Kier alpha value is -2.60. The number of aromatic amines is 1. The molecule has 0 amide bonds. The fourth-order valence-corrected chi connectivity index (χ4v) is 2.11. The minimum absolute atomic E-state index is 0.0496. The number of carbonyl (C=O) groups excluding carboxylic acids is 1. The van der Waals surface area contributed by atoms with Crippen LogP contribution in [0.15, 0.2) is 33.9 Å². The maximum atomic E-state index is 12.6. The monoisotopic (exact) mass is 321 g/mol. The zero-order valence-electron chi connectivity index (χ0n) is 11.8. The van der Waals surface area contributed by atoms with E-state index in [-0.39, 0.29) is 22.2 Å². The van der Waals surface area contributed by atoms with E-state index in [9.17, 15) is 14.4 Å². The SMILES string of the molecule is COC(=O)/C=C/c1c(OC)c(=O)[nH]c2cc(Cl)ccc2c1=O. The van der Waals surface area contributed by atoms with E-state index < -0.39 is 17.0 Å². The van der Waals surface area contributed by atoms with Crippen molar-refractivity contribution in [2.75, 3.05) is 14.2 Å². The van der Waals surface area contributed by atoms with Crippen LogP contribution in [0.4, 0.5) is 0 Å². The maximum Gasteiger partial charge on any atom is 0.330 e. The van der Waals surface area contributed by atoms with E-state index in [1.54, 1.807) is 0 Å². The van der Waals surface area contributed by atoms with E-state index in [2.05, 4.69) is 9.72 Å². The third-order valence-corrected chi connectivity index (χ3v) is 3.20. The molecule has 2 aromatic rings. The molecule has 0 fully saturated rings. The first kappa shape index (κ1) is 15.8. The highest BCUT2D eigenvalue weighted by Gasteiger charge is 2.12. The van der Waals surface area contributed by atoms with Crippen LogP contribution < -0.4 is 15.7 Å². The molecule has 114 valence electrons. The molecule has 1 heterocycles. The van der Waals surface area contributed by atoms with E-state index in [1.165, 1.54) is 38.5 Å². The molecule has 1 N–H and O–H groups in total. The van der Waals surface area contributed by atoms with Gasteiger partial charge in [0.2, 0.25) is 0 Å². The molecular formula is C15H12ClNO5. The number of esters is 1. The molecule has 0 saturated carbocycles. The molecule has 0 aliphatic rings. The van der Waals surface area contributed by atoms with Crippen LogP contribution in [0.2, 0.25) is 5.02 Å². The van der Waals surface area contributed by atoms with Gasteiger partial charge in [0, 0.05) is 16.5 Å². The van der Waals surface area contributed by atoms with E-state index in [0.717, 1.165) is 6.08 Å². The Labute approximate surface area is 129 Å². The number of fused-ring (bicyclic) bond motifs is 1. The molecule has 0 aliphatic carbocycles. The predicted molar refractivity (Wildman–Crippen MR) is 83.5 cm³/mol. The van der Waals surface area contributed by atoms with Crippen molar-refractivity contribution in [3.63, 3.8) is 0 Å². The second-order valence-electron chi connectivity index (χ2n) is 4.28. The molecule has 0 spiro atoms. The lowest BCUT2D eigenvalue weighted by molar-refractivity contribution is -0.134. The van der Waals surface area contributed by atoms with Gasteiger partial charge in [0.15, 0.2) is 11.2 Å². The Morgan fingerprint density at radius 1 is 1.27 bits per heavy atom. The molecule has 1 aromatic carbocycles. The fraction of sp³-hybridized carbons (Fsp3) is 0.133. The van der Waals surface area contributed by atoms with Gasteiger partial charge in [-0.1, -0.05) is 11.6 Å². The summed E-state index contributed by atoms with van der Waals surface area (Å²) in [6.07, 6.45) is 2.23. The first-order valence-electron chi connectivity index (χ1n) is 6.17. The summed E-state index contributed by atoms with van der Waals surface area (Å²) in [6, 6.07) is 4.49. The minimum atomic E-state index is -0.656. The zero-order valence-corrected chi connectivity index (χ0v) is 12.6. The van der Waals surface area contributed by atoms with Crippen LogP contribution in [-0.4, -0.2) is 25.2 Å². The van der Waals surface area contributed by atoms with Gasteiger partial charge in [0.1, 0.15) is 0 Å². The number of ether oxygens (including phenoxy) is 2. The second-order valence-corrected chi connectivity index (χ2v) is 4.71. The van der Waals surface area contributed by atoms with E-state index in [1.807, 2.05) is 0 Å². The maximum absolute atomic E-state index is 12.6. The van der Waals surface area contributed by atoms with Crippen LogP contribution in [0.5, 0.6) is 5.75 Å². The number of aromatic nitrogens is 1. The molecule has 0 saturated heterocycles. The Balaban J connectivity index is 2.90. The average molecular weight is 322 g/mol. The highest BCUT2D eigenvalue weighted by molar-refractivity contribution is 6.31. The van der Waals surface area contributed by atoms with Gasteiger partial charge in [-0.2, -0.15) is 0 Å². The lowest BCUT2D eigenvalue weighted by atomic mass is 10.1. The van der Waals surface area contributed by atoms with Crippen molar-refractivity contribution in [1.82, 2.24) is 4.98 Å². The Morgan fingerprint density at radius 3 is 2.64 bits per heavy atom. The Bertz CT molecular complexity index is 885. The van der Waals surface area contributed by atoms with Crippen LogP contribution in [-0.2, 0) is 9.53 Å². The molecule has 0 atom stereocenters. The highest BCUT2D eigenvalue weighted by atomic mass is 35.5. The van der Waals surface area contributed by atoms with Gasteiger partial charge in [-0.3, -0.25) is 9.59 Å². The van der Waals surface area contributed by atoms with Gasteiger partial charge in [-0.25, -0.2) is 4.79 Å². The topological polar surface area (TPSA) is 85.5 Å². The smallest absolute Gasteiger partial charge is 0.330 e. The van der Waals surface area contributed by atoms with Crippen molar-refractivity contribution in [2.45, 2.75) is 0 Å². The second kappa shape index (κ2) is 6.44. The Morgan fingerprint density at radius 2 is 2.00 bits per heavy atom. The standard InChI is InChI=1S/C15H12ClNO5/c1-21-12(18)6-5-10-13(19)9-4-3-8(16)7-11(9)17-15(20)14(10)22-2/h3-7H,1-2H3,(H,17,20)/b6-5+. The summed E-state index contributed by atoms with van der Waals surface area (Å²) in [7, 11) is 2.47. The number of halogens is 1. The molecule has 7 heteroatoms. The van der Waals surface area contributed by atoms with Crippen molar-refractivity contribution in [3.8, 4) is 5.75 Å². The number of methoxy groups -OCH3 is 2. The summed E-state index contributed by atoms with van der Waals surface area (Å²) in [6.45, 7) is 0. The molecular weight excluding hydrogens is 310 g/mol. The largest absolute Gasteiger partial charge is 0.491 e. The van der Waals surface area contributed by atoms with Gasteiger partial charge in [0.05, 0.1) is 25.3 Å². The van der Waals surface area contributed by atoms with Gasteiger partial charge in [-0.05, 0) is 24.3 Å². The third kappa shape index (κ3) is 3.01.